The van der Waals surface area contributed by atoms with Crippen molar-refractivity contribution in [1.82, 2.24) is 15.5 Å². The number of rotatable bonds is 5. The largest absolute Gasteiger partial charge is 0.364 e. The Kier molecular flexibility index (Phi) is 5.59. The molecule has 1 aliphatic heterocycles. The number of carbonyl (C=O) groups excluding carboxylic acids is 1. The maximum atomic E-state index is 12.3. The van der Waals surface area contributed by atoms with E-state index in [4.69, 9.17) is 4.74 Å². The summed E-state index contributed by atoms with van der Waals surface area (Å²) in [5.74, 6) is 0. The van der Waals surface area contributed by atoms with Gasteiger partial charge in [-0.05, 0) is 40.5 Å². The van der Waals surface area contributed by atoms with Crippen LogP contribution < -0.4 is 10.6 Å². The van der Waals surface area contributed by atoms with E-state index in [1.165, 1.54) is 0 Å². The van der Waals surface area contributed by atoms with E-state index < -0.39 is 0 Å². The number of urea groups is 1. The lowest BCUT2D eigenvalue weighted by Crippen LogP contribution is -2.63. The molecule has 1 heterocycles. The number of hydrogen-bond donors (Lipinski definition) is 2. The van der Waals surface area contributed by atoms with Crippen molar-refractivity contribution in [2.45, 2.75) is 57.7 Å². The van der Waals surface area contributed by atoms with Gasteiger partial charge in [-0.2, -0.15) is 0 Å². The molecule has 1 saturated heterocycles. The van der Waals surface area contributed by atoms with Crippen LogP contribution in [0, 0.1) is 0 Å². The summed E-state index contributed by atoms with van der Waals surface area (Å²) in [4.78, 5) is 14.1. The van der Waals surface area contributed by atoms with Crippen molar-refractivity contribution >= 4 is 6.03 Å². The maximum Gasteiger partial charge on any atom is 0.319 e. The lowest BCUT2D eigenvalue weighted by Gasteiger charge is -2.49. The summed E-state index contributed by atoms with van der Waals surface area (Å²) in [6.07, 6.45) is 3.49. The highest BCUT2D eigenvalue weighted by Gasteiger charge is 2.41. The predicted molar refractivity (Wildman–Crippen MR) is 81.6 cm³/mol. The third-order valence-corrected chi connectivity index (χ3v) is 3.54. The monoisotopic (exact) mass is 283 g/mol. The fourth-order valence-corrected chi connectivity index (χ4v) is 3.22. The van der Waals surface area contributed by atoms with Crippen molar-refractivity contribution in [3.05, 3.63) is 12.7 Å². The molecule has 116 valence electrons. The van der Waals surface area contributed by atoms with Crippen molar-refractivity contribution in [3.8, 4) is 0 Å². The molecule has 0 unspecified atom stereocenters. The Morgan fingerprint density at radius 2 is 1.95 bits per heavy atom. The predicted octanol–water partition coefficient (Wildman–Crippen LogP) is 2.10. The summed E-state index contributed by atoms with van der Waals surface area (Å²) in [6.45, 7) is 13.1. The molecule has 2 amide bonds. The second kappa shape index (κ2) is 6.59. The minimum Gasteiger partial charge on any atom is -0.364 e. The summed E-state index contributed by atoms with van der Waals surface area (Å²) in [6, 6.07) is 0.0660. The topological polar surface area (TPSA) is 53.6 Å². The summed E-state index contributed by atoms with van der Waals surface area (Å²) in [5, 5.41) is 6.46. The Bertz CT molecular complexity index is 337. The van der Waals surface area contributed by atoms with E-state index in [9.17, 15) is 4.79 Å². The van der Waals surface area contributed by atoms with E-state index in [1.807, 2.05) is 0 Å². The van der Waals surface area contributed by atoms with E-state index in [-0.39, 0.29) is 23.2 Å². The molecule has 0 aliphatic carbocycles. The van der Waals surface area contributed by atoms with Gasteiger partial charge in [0.2, 0.25) is 0 Å². The number of piperidine rings is 1. The lowest BCUT2D eigenvalue weighted by molar-refractivity contribution is 0.0177. The standard InChI is InChI=1S/C15H29N3O2/c1-7-8-16-13(19)18(11-20-6)12-9-14(2,3)17-15(4,5)10-12/h7,12,17H,1,8-11H2,2-6H3,(H,16,19). The second-order valence-corrected chi connectivity index (χ2v) is 6.82. The zero-order valence-electron chi connectivity index (χ0n) is 13.5. The van der Waals surface area contributed by atoms with E-state index in [1.54, 1.807) is 18.1 Å². The molecular weight excluding hydrogens is 254 g/mol. The fourth-order valence-electron chi connectivity index (χ4n) is 3.22. The van der Waals surface area contributed by atoms with Gasteiger partial charge in [0.25, 0.3) is 0 Å². The van der Waals surface area contributed by atoms with Crippen LogP contribution in [0.15, 0.2) is 12.7 Å². The quantitative estimate of drug-likeness (QED) is 0.600. The molecule has 5 nitrogen and oxygen atoms in total. The third kappa shape index (κ3) is 4.80. The first kappa shape index (κ1) is 17.0. The molecule has 5 heteroatoms. The SMILES string of the molecule is C=CCNC(=O)N(COC)C1CC(C)(C)NC(C)(C)C1. The third-order valence-electron chi connectivity index (χ3n) is 3.54. The van der Waals surface area contributed by atoms with Crippen molar-refractivity contribution in [3.63, 3.8) is 0 Å². The van der Waals surface area contributed by atoms with Gasteiger partial charge in [0.1, 0.15) is 6.73 Å². The summed E-state index contributed by atoms with van der Waals surface area (Å²) in [7, 11) is 1.62. The Morgan fingerprint density at radius 1 is 1.40 bits per heavy atom. The van der Waals surface area contributed by atoms with Crippen LogP contribution in [0.2, 0.25) is 0 Å². The highest BCUT2D eigenvalue weighted by Crippen LogP contribution is 2.31. The molecular formula is C15H29N3O2. The van der Waals surface area contributed by atoms with Crippen molar-refractivity contribution in [2.75, 3.05) is 20.4 Å². The molecule has 0 bridgehead atoms. The summed E-state index contributed by atoms with van der Waals surface area (Å²) in [5.41, 5.74) is -0.00570. The minimum atomic E-state index is -0.0924. The molecule has 1 rings (SSSR count). The molecule has 2 N–H and O–H groups in total. The van der Waals surface area contributed by atoms with Crippen LogP contribution in [0.4, 0.5) is 4.79 Å². The smallest absolute Gasteiger partial charge is 0.319 e. The van der Waals surface area contributed by atoms with Gasteiger partial charge in [0, 0.05) is 30.8 Å². The normalized spacial score (nSPS) is 21.2. The molecule has 0 atom stereocenters. The maximum absolute atomic E-state index is 12.3. The number of ether oxygens (including phenoxy) is 1. The number of nitrogens with zero attached hydrogens (tertiary/aromatic N) is 1. The van der Waals surface area contributed by atoms with Crippen LogP contribution in [0.25, 0.3) is 0 Å². The zero-order chi connectivity index (χ0) is 15.4. The highest BCUT2D eigenvalue weighted by atomic mass is 16.5. The molecule has 0 aromatic carbocycles. The first-order valence-electron chi connectivity index (χ1n) is 7.14. The van der Waals surface area contributed by atoms with Crippen molar-refractivity contribution in [1.29, 1.82) is 0 Å². The van der Waals surface area contributed by atoms with E-state index in [0.29, 0.717) is 13.3 Å². The second-order valence-electron chi connectivity index (χ2n) is 6.82. The van der Waals surface area contributed by atoms with Crippen LogP contribution in [0.1, 0.15) is 40.5 Å². The average molecular weight is 283 g/mol. The van der Waals surface area contributed by atoms with E-state index in [2.05, 4.69) is 44.9 Å². The number of nitrogens with one attached hydrogen (secondary N) is 2. The van der Waals surface area contributed by atoms with Gasteiger partial charge in [-0.25, -0.2) is 4.79 Å². The van der Waals surface area contributed by atoms with Crippen LogP contribution >= 0.6 is 0 Å². The van der Waals surface area contributed by atoms with Crippen molar-refractivity contribution < 1.29 is 9.53 Å². The van der Waals surface area contributed by atoms with Gasteiger partial charge in [0.05, 0.1) is 0 Å². The van der Waals surface area contributed by atoms with Crippen LogP contribution in [-0.2, 0) is 4.74 Å². The Morgan fingerprint density at radius 3 is 2.40 bits per heavy atom. The number of carbonyl (C=O) groups is 1. The van der Waals surface area contributed by atoms with Gasteiger partial charge < -0.3 is 15.4 Å². The van der Waals surface area contributed by atoms with Crippen LogP contribution in [0.5, 0.6) is 0 Å². The highest BCUT2D eigenvalue weighted by molar-refractivity contribution is 5.74. The van der Waals surface area contributed by atoms with Gasteiger partial charge >= 0.3 is 6.03 Å². The van der Waals surface area contributed by atoms with E-state index >= 15 is 0 Å². The Hall–Kier alpha value is -1.07. The first-order valence-corrected chi connectivity index (χ1v) is 7.14. The number of hydrogen-bond acceptors (Lipinski definition) is 3. The number of methoxy groups -OCH3 is 1. The molecule has 1 aliphatic rings. The van der Waals surface area contributed by atoms with Crippen LogP contribution in [-0.4, -0.2) is 48.4 Å². The average Bonchev–Trinajstić information content (AvgIpc) is 2.28. The molecule has 0 aromatic heterocycles. The Balaban J connectivity index is 2.84. The first-order chi connectivity index (χ1) is 9.21. The van der Waals surface area contributed by atoms with Gasteiger partial charge in [-0.1, -0.05) is 6.08 Å². The molecule has 0 spiro atoms. The molecule has 20 heavy (non-hydrogen) atoms. The summed E-state index contributed by atoms with van der Waals surface area (Å²) < 4.78 is 5.21. The summed E-state index contributed by atoms with van der Waals surface area (Å²) >= 11 is 0. The van der Waals surface area contributed by atoms with Gasteiger partial charge in [-0.15, -0.1) is 6.58 Å². The van der Waals surface area contributed by atoms with Crippen LogP contribution in [0.3, 0.4) is 0 Å². The van der Waals surface area contributed by atoms with Crippen molar-refractivity contribution in [2.24, 2.45) is 0 Å². The minimum absolute atomic E-state index is 0.00285. The van der Waals surface area contributed by atoms with E-state index in [0.717, 1.165) is 12.8 Å². The molecule has 0 radical (unpaired) electrons. The lowest BCUT2D eigenvalue weighted by atomic mass is 9.79. The number of amides is 2. The van der Waals surface area contributed by atoms with Gasteiger partial charge in [-0.3, -0.25) is 4.90 Å². The zero-order valence-corrected chi connectivity index (χ0v) is 13.5. The molecule has 0 aromatic rings. The molecule has 1 fully saturated rings. The van der Waals surface area contributed by atoms with Gasteiger partial charge in [0.15, 0.2) is 0 Å². The Labute approximate surface area is 122 Å². The fraction of sp³-hybridized carbons (Fsp3) is 0.800. The molecule has 0 saturated carbocycles.